The van der Waals surface area contributed by atoms with Gasteiger partial charge < -0.3 is 10.0 Å². The highest BCUT2D eigenvalue weighted by molar-refractivity contribution is 5.99. The molecule has 1 unspecified atom stereocenters. The Morgan fingerprint density at radius 1 is 0.923 bits per heavy atom. The summed E-state index contributed by atoms with van der Waals surface area (Å²) in [5.74, 6) is -2.09. The molecule has 2 aromatic rings. The molecule has 0 aromatic heterocycles. The zero-order valence-electron chi connectivity index (χ0n) is 14.0. The lowest BCUT2D eigenvalue weighted by Crippen LogP contribution is -2.42. The maximum absolute atomic E-state index is 13.0. The number of halogens is 1. The number of carboxylic acids is 1. The van der Waals surface area contributed by atoms with E-state index in [-0.39, 0.29) is 23.2 Å². The van der Waals surface area contributed by atoms with Crippen molar-refractivity contribution < 1.29 is 23.9 Å². The van der Waals surface area contributed by atoms with Crippen molar-refractivity contribution in [2.45, 2.75) is 12.8 Å². The molecule has 0 spiro atoms. The van der Waals surface area contributed by atoms with Crippen LogP contribution in [0.15, 0.2) is 48.5 Å². The SMILES string of the molecule is O=C(O)c1ccc(C(=O)N2CCCC(C(=O)c3ccc(F)cc3)C2)cc1. The van der Waals surface area contributed by atoms with Gasteiger partial charge in [-0.3, -0.25) is 9.59 Å². The van der Waals surface area contributed by atoms with E-state index in [1.54, 1.807) is 4.90 Å². The van der Waals surface area contributed by atoms with Crippen LogP contribution >= 0.6 is 0 Å². The summed E-state index contributed by atoms with van der Waals surface area (Å²) in [7, 11) is 0. The van der Waals surface area contributed by atoms with Crippen molar-refractivity contribution in [3.63, 3.8) is 0 Å². The summed E-state index contributed by atoms with van der Waals surface area (Å²) < 4.78 is 13.0. The van der Waals surface area contributed by atoms with Crippen LogP contribution in [-0.4, -0.2) is 40.8 Å². The van der Waals surface area contributed by atoms with Crippen molar-refractivity contribution in [3.05, 3.63) is 71.0 Å². The van der Waals surface area contributed by atoms with Crippen LogP contribution in [0.5, 0.6) is 0 Å². The smallest absolute Gasteiger partial charge is 0.335 e. The summed E-state index contributed by atoms with van der Waals surface area (Å²) in [6.45, 7) is 0.850. The predicted octanol–water partition coefficient (Wildman–Crippen LogP) is 3.26. The Labute approximate surface area is 150 Å². The summed E-state index contributed by atoms with van der Waals surface area (Å²) in [4.78, 5) is 37.8. The van der Waals surface area contributed by atoms with Crippen LogP contribution in [0.4, 0.5) is 4.39 Å². The van der Waals surface area contributed by atoms with Crippen LogP contribution in [0.25, 0.3) is 0 Å². The van der Waals surface area contributed by atoms with Crippen LogP contribution in [0.2, 0.25) is 0 Å². The number of carbonyl (C=O) groups is 3. The van der Waals surface area contributed by atoms with Crippen LogP contribution in [0.3, 0.4) is 0 Å². The molecule has 26 heavy (non-hydrogen) atoms. The first-order valence-corrected chi connectivity index (χ1v) is 8.38. The Morgan fingerprint density at radius 3 is 2.12 bits per heavy atom. The van der Waals surface area contributed by atoms with E-state index in [9.17, 15) is 18.8 Å². The number of ketones is 1. The normalized spacial score (nSPS) is 17.0. The zero-order valence-corrected chi connectivity index (χ0v) is 14.0. The van der Waals surface area contributed by atoms with Crippen molar-refractivity contribution in [2.24, 2.45) is 5.92 Å². The second-order valence-electron chi connectivity index (χ2n) is 6.34. The van der Waals surface area contributed by atoms with Gasteiger partial charge in [0.1, 0.15) is 5.82 Å². The lowest BCUT2D eigenvalue weighted by atomic mass is 9.89. The molecule has 0 aliphatic carbocycles. The maximum Gasteiger partial charge on any atom is 0.335 e. The van der Waals surface area contributed by atoms with E-state index in [1.165, 1.54) is 48.5 Å². The van der Waals surface area contributed by atoms with Crippen LogP contribution in [-0.2, 0) is 0 Å². The van der Waals surface area contributed by atoms with Crippen molar-refractivity contribution in [2.75, 3.05) is 13.1 Å². The minimum Gasteiger partial charge on any atom is -0.478 e. The Kier molecular flexibility index (Phi) is 5.11. The Bertz CT molecular complexity index is 830. The third kappa shape index (κ3) is 3.79. The lowest BCUT2D eigenvalue weighted by molar-refractivity contribution is 0.0633. The molecule has 0 bridgehead atoms. The number of hydrogen-bond acceptors (Lipinski definition) is 3. The Hall–Kier alpha value is -3.02. The van der Waals surface area contributed by atoms with E-state index in [0.717, 1.165) is 0 Å². The Balaban J connectivity index is 1.71. The number of carbonyl (C=O) groups excluding carboxylic acids is 2. The van der Waals surface area contributed by atoms with Crippen LogP contribution in [0, 0.1) is 11.7 Å². The number of carboxylic acid groups (broad SMARTS) is 1. The van der Waals surface area contributed by atoms with E-state index in [1.807, 2.05) is 0 Å². The largest absolute Gasteiger partial charge is 0.478 e. The number of amides is 1. The average molecular weight is 355 g/mol. The Morgan fingerprint density at radius 2 is 1.50 bits per heavy atom. The average Bonchev–Trinajstić information content (AvgIpc) is 2.67. The van der Waals surface area contributed by atoms with E-state index in [2.05, 4.69) is 0 Å². The highest BCUT2D eigenvalue weighted by Gasteiger charge is 2.29. The van der Waals surface area contributed by atoms with E-state index in [0.29, 0.717) is 37.1 Å². The molecule has 0 radical (unpaired) electrons. The van der Waals surface area contributed by atoms with Gasteiger partial charge in [0, 0.05) is 30.1 Å². The molecule has 1 aliphatic heterocycles. The fourth-order valence-corrected chi connectivity index (χ4v) is 3.16. The van der Waals surface area contributed by atoms with Gasteiger partial charge in [-0.2, -0.15) is 0 Å². The van der Waals surface area contributed by atoms with Gasteiger partial charge in [-0.25, -0.2) is 9.18 Å². The van der Waals surface area contributed by atoms with Crippen LogP contribution in [0.1, 0.15) is 43.9 Å². The second-order valence-corrected chi connectivity index (χ2v) is 6.34. The van der Waals surface area contributed by atoms with Gasteiger partial charge in [0.05, 0.1) is 5.56 Å². The van der Waals surface area contributed by atoms with E-state index in [4.69, 9.17) is 5.11 Å². The third-order valence-corrected chi connectivity index (χ3v) is 4.59. The summed E-state index contributed by atoms with van der Waals surface area (Å²) in [5, 5.41) is 8.93. The molecule has 1 aliphatic rings. The van der Waals surface area contributed by atoms with Gasteiger partial charge >= 0.3 is 5.97 Å². The minimum atomic E-state index is -1.05. The highest BCUT2D eigenvalue weighted by Crippen LogP contribution is 2.23. The van der Waals surface area contributed by atoms with Gasteiger partial charge in [-0.1, -0.05) is 0 Å². The number of nitrogens with zero attached hydrogens (tertiary/aromatic N) is 1. The summed E-state index contributed by atoms with van der Waals surface area (Å²) in [6.07, 6.45) is 1.38. The third-order valence-electron chi connectivity index (χ3n) is 4.59. The van der Waals surface area contributed by atoms with E-state index >= 15 is 0 Å². The van der Waals surface area contributed by atoms with Gasteiger partial charge in [0.2, 0.25) is 0 Å². The first-order valence-electron chi connectivity index (χ1n) is 8.38. The van der Waals surface area contributed by atoms with Crippen molar-refractivity contribution in [1.29, 1.82) is 0 Å². The standard InChI is InChI=1S/C20H18FNO4/c21-17-9-7-13(8-10-17)18(23)16-2-1-11-22(12-16)19(24)14-3-5-15(6-4-14)20(25)26/h3-10,16H,1-2,11-12H2,(H,25,26). The predicted molar refractivity (Wildman–Crippen MR) is 92.8 cm³/mol. The van der Waals surface area contributed by atoms with Crippen molar-refractivity contribution in [3.8, 4) is 0 Å². The summed E-state index contributed by atoms with van der Waals surface area (Å²) >= 11 is 0. The highest BCUT2D eigenvalue weighted by atomic mass is 19.1. The molecule has 0 saturated carbocycles. The molecule has 1 saturated heterocycles. The summed E-state index contributed by atoms with van der Waals surface area (Å²) in [6, 6.07) is 11.2. The second kappa shape index (κ2) is 7.47. The molecule has 3 rings (SSSR count). The molecule has 134 valence electrons. The first kappa shape index (κ1) is 17.8. The number of Topliss-reactive ketones (excluding diaryl/α,β-unsaturated/α-hetero) is 1. The molecular weight excluding hydrogens is 337 g/mol. The first-order chi connectivity index (χ1) is 12.5. The molecular formula is C20H18FNO4. The maximum atomic E-state index is 13.0. The fraction of sp³-hybridized carbons (Fsp3) is 0.250. The molecule has 2 aromatic carbocycles. The topological polar surface area (TPSA) is 74.7 Å². The quantitative estimate of drug-likeness (QED) is 0.854. The van der Waals surface area contributed by atoms with Gasteiger partial charge in [-0.15, -0.1) is 0 Å². The molecule has 1 amide bonds. The van der Waals surface area contributed by atoms with Crippen molar-refractivity contribution >= 4 is 17.7 Å². The monoisotopic (exact) mass is 355 g/mol. The number of aromatic carboxylic acids is 1. The number of rotatable bonds is 4. The molecule has 1 atom stereocenters. The molecule has 1 fully saturated rings. The van der Waals surface area contributed by atoms with Crippen molar-refractivity contribution in [1.82, 2.24) is 4.90 Å². The summed E-state index contributed by atoms with van der Waals surface area (Å²) in [5.41, 5.74) is 0.950. The van der Waals surface area contributed by atoms with Crippen LogP contribution < -0.4 is 0 Å². The van der Waals surface area contributed by atoms with Gasteiger partial charge in [-0.05, 0) is 61.4 Å². The molecule has 5 nitrogen and oxygen atoms in total. The number of likely N-dealkylation sites (tertiary alicyclic amines) is 1. The lowest BCUT2D eigenvalue weighted by Gasteiger charge is -2.32. The fourth-order valence-electron chi connectivity index (χ4n) is 3.16. The van der Waals surface area contributed by atoms with Gasteiger partial charge in [0.15, 0.2) is 5.78 Å². The minimum absolute atomic E-state index is 0.0938. The molecule has 1 heterocycles. The van der Waals surface area contributed by atoms with E-state index < -0.39 is 11.8 Å². The van der Waals surface area contributed by atoms with Gasteiger partial charge in [0.25, 0.3) is 5.91 Å². The molecule has 1 N–H and O–H groups in total. The number of hydrogen-bond donors (Lipinski definition) is 1. The zero-order chi connectivity index (χ0) is 18.7. The number of benzene rings is 2. The number of piperidine rings is 1. The molecule has 6 heteroatoms.